The lowest BCUT2D eigenvalue weighted by molar-refractivity contribution is 0.0925. The molecule has 0 spiro atoms. The smallest absolute Gasteiger partial charge is 0.291 e. The van der Waals surface area contributed by atoms with Crippen molar-refractivity contribution in [1.29, 1.82) is 0 Å². The zero-order chi connectivity index (χ0) is 16.7. The summed E-state index contributed by atoms with van der Waals surface area (Å²) >= 11 is 0. The van der Waals surface area contributed by atoms with Crippen molar-refractivity contribution in [3.8, 4) is 0 Å². The largest absolute Gasteiger partial charge is 0.459 e. The van der Waals surface area contributed by atoms with Gasteiger partial charge >= 0.3 is 0 Å². The summed E-state index contributed by atoms with van der Waals surface area (Å²) in [5.74, 6) is 0.798. The Morgan fingerprint density at radius 3 is 2.92 bits per heavy atom. The minimum absolute atomic E-state index is 0.0831. The summed E-state index contributed by atoms with van der Waals surface area (Å²) < 4.78 is 7.31. The minimum Gasteiger partial charge on any atom is -0.459 e. The molecule has 120 valence electrons. The normalized spacial score (nSPS) is 12.6. The minimum atomic E-state index is -0.368. The fourth-order valence-corrected chi connectivity index (χ4v) is 2.55. The van der Waals surface area contributed by atoms with Crippen LogP contribution in [0.5, 0.6) is 0 Å². The standard InChI is InChI=1S/C17H15N5O2/c1-10-7-8-18-17-20-15(21-22(10)17)16(23)19-11(2)14-9-12-5-3-4-6-13(12)24-14/h3-9,11H,1-2H3,(H,19,23). The Hall–Kier alpha value is -3.22. The molecule has 0 saturated heterocycles. The van der Waals surface area contributed by atoms with Gasteiger partial charge < -0.3 is 9.73 Å². The molecule has 1 amide bonds. The molecule has 1 N–H and O–H groups in total. The van der Waals surface area contributed by atoms with Gasteiger partial charge in [-0.3, -0.25) is 4.79 Å². The van der Waals surface area contributed by atoms with Gasteiger partial charge in [0.2, 0.25) is 5.82 Å². The maximum atomic E-state index is 12.4. The summed E-state index contributed by atoms with van der Waals surface area (Å²) in [7, 11) is 0. The number of hydrogen-bond donors (Lipinski definition) is 1. The highest BCUT2D eigenvalue weighted by Crippen LogP contribution is 2.23. The van der Waals surface area contributed by atoms with E-state index in [1.54, 1.807) is 16.8 Å². The summed E-state index contributed by atoms with van der Waals surface area (Å²) in [6, 6.07) is 11.1. The first-order valence-corrected chi connectivity index (χ1v) is 7.59. The van der Waals surface area contributed by atoms with Crippen molar-refractivity contribution in [1.82, 2.24) is 24.9 Å². The van der Waals surface area contributed by atoms with Gasteiger partial charge in [-0.25, -0.2) is 9.50 Å². The Kier molecular flexibility index (Phi) is 3.26. The van der Waals surface area contributed by atoms with Crippen LogP contribution < -0.4 is 5.32 Å². The summed E-state index contributed by atoms with van der Waals surface area (Å²) in [6.45, 7) is 3.73. The van der Waals surface area contributed by atoms with Crippen LogP contribution in [0.15, 0.2) is 47.0 Å². The van der Waals surface area contributed by atoms with E-state index in [0.717, 1.165) is 16.7 Å². The predicted molar refractivity (Wildman–Crippen MR) is 87.6 cm³/mol. The van der Waals surface area contributed by atoms with E-state index < -0.39 is 0 Å². The molecular weight excluding hydrogens is 306 g/mol. The molecule has 7 heteroatoms. The molecule has 0 aliphatic rings. The lowest BCUT2D eigenvalue weighted by Gasteiger charge is -2.09. The third-order valence-electron chi connectivity index (χ3n) is 3.85. The first-order valence-electron chi connectivity index (χ1n) is 7.59. The molecule has 0 aliphatic heterocycles. The van der Waals surface area contributed by atoms with Crippen LogP contribution in [-0.2, 0) is 0 Å². The van der Waals surface area contributed by atoms with Gasteiger partial charge in [0.1, 0.15) is 11.3 Å². The lowest BCUT2D eigenvalue weighted by atomic mass is 10.2. The number of carbonyl (C=O) groups is 1. The van der Waals surface area contributed by atoms with Crippen LogP contribution in [0.25, 0.3) is 16.7 Å². The van der Waals surface area contributed by atoms with Crippen LogP contribution in [0.1, 0.15) is 35.0 Å². The molecular formula is C17H15N5O2. The molecule has 0 fully saturated rings. The van der Waals surface area contributed by atoms with Crippen LogP contribution in [0.2, 0.25) is 0 Å². The van der Waals surface area contributed by atoms with Gasteiger partial charge in [-0.05, 0) is 32.0 Å². The molecule has 1 unspecified atom stereocenters. The molecule has 3 heterocycles. The molecule has 1 aromatic carbocycles. The zero-order valence-electron chi connectivity index (χ0n) is 13.2. The average molecular weight is 321 g/mol. The van der Waals surface area contributed by atoms with Gasteiger partial charge in [0.25, 0.3) is 11.7 Å². The fourth-order valence-electron chi connectivity index (χ4n) is 2.55. The highest BCUT2D eigenvalue weighted by atomic mass is 16.3. The van der Waals surface area contributed by atoms with Gasteiger partial charge in [-0.15, -0.1) is 5.10 Å². The van der Waals surface area contributed by atoms with Gasteiger partial charge in [0.15, 0.2) is 0 Å². The van der Waals surface area contributed by atoms with Crippen molar-refractivity contribution in [2.75, 3.05) is 0 Å². The number of hydrogen-bond acceptors (Lipinski definition) is 5. The molecule has 24 heavy (non-hydrogen) atoms. The Bertz CT molecular complexity index is 1020. The Labute approximate surface area is 137 Å². The van der Waals surface area contributed by atoms with Crippen molar-refractivity contribution in [3.05, 3.63) is 59.9 Å². The number of para-hydroxylation sites is 1. The summed E-state index contributed by atoms with van der Waals surface area (Å²) in [5.41, 5.74) is 1.65. The van der Waals surface area contributed by atoms with Crippen molar-refractivity contribution in [2.45, 2.75) is 19.9 Å². The Morgan fingerprint density at radius 1 is 1.29 bits per heavy atom. The second-order valence-corrected chi connectivity index (χ2v) is 5.62. The number of aromatic nitrogens is 4. The Balaban J connectivity index is 1.58. The first kappa shape index (κ1) is 14.4. The van der Waals surface area contributed by atoms with E-state index in [4.69, 9.17) is 4.42 Å². The van der Waals surface area contributed by atoms with E-state index in [1.807, 2.05) is 44.2 Å². The second kappa shape index (κ2) is 5.45. The molecule has 0 bridgehead atoms. The number of benzene rings is 1. The number of fused-ring (bicyclic) bond motifs is 2. The van der Waals surface area contributed by atoms with Crippen LogP contribution in [0.3, 0.4) is 0 Å². The molecule has 1 atom stereocenters. The molecule has 4 rings (SSSR count). The summed E-state index contributed by atoms with van der Waals surface area (Å²) in [5, 5.41) is 8.06. The number of nitrogens with one attached hydrogen (secondary N) is 1. The highest BCUT2D eigenvalue weighted by molar-refractivity contribution is 5.91. The van der Waals surface area contributed by atoms with E-state index in [-0.39, 0.29) is 17.8 Å². The maximum absolute atomic E-state index is 12.4. The third kappa shape index (κ3) is 2.40. The number of rotatable bonds is 3. The number of furan rings is 1. The Morgan fingerprint density at radius 2 is 2.12 bits per heavy atom. The monoisotopic (exact) mass is 321 g/mol. The zero-order valence-corrected chi connectivity index (χ0v) is 13.2. The third-order valence-corrected chi connectivity index (χ3v) is 3.85. The van der Waals surface area contributed by atoms with Gasteiger partial charge in [-0.1, -0.05) is 18.2 Å². The number of aryl methyl sites for hydroxylation is 1. The summed E-state index contributed by atoms with van der Waals surface area (Å²) in [4.78, 5) is 20.7. The first-order chi connectivity index (χ1) is 11.6. The predicted octanol–water partition coefficient (Wildman–Crippen LogP) is 2.67. The van der Waals surface area contributed by atoms with E-state index >= 15 is 0 Å². The molecule has 0 aliphatic carbocycles. The van der Waals surface area contributed by atoms with Crippen LogP contribution in [-0.4, -0.2) is 25.5 Å². The molecule has 0 saturated carbocycles. The van der Waals surface area contributed by atoms with Gasteiger partial charge in [-0.2, -0.15) is 4.98 Å². The number of nitrogens with zero attached hydrogens (tertiary/aromatic N) is 4. The second-order valence-electron chi connectivity index (χ2n) is 5.62. The SMILES string of the molecule is Cc1ccnc2nc(C(=O)NC(C)c3cc4ccccc4o3)nn12. The van der Waals surface area contributed by atoms with Crippen LogP contribution >= 0.6 is 0 Å². The van der Waals surface area contributed by atoms with Crippen molar-refractivity contribution in [2.24, 2.45) is 0 Å². The average Bonchev–Trinajstić information content (AvgIpc) is 3.19. The molecule has 4 aromatic rings. The maximum Gasteiger partial charge on any atom is 0.291 e. The topological polar surface area (TPSA) is 85.3 Å². The quantitative estimate of drug-likeness (QED) is 0.627. The highest BCUT2D eigenvalue weighted by Gasteiger charge is 2.19. The van der Waals surface area contributed by atoms with Crippen LogP contribution in [0.4, 0.5) is 0 Å². The van der Waals surface area contributed by atoms with E-state index in [1.165, 1.54) is 0 Å². The van der Waals surface area contributed by atoms with E-state index in [2.05, 4.69) is 20.4 Å². The number of amides is 1. The lowest BCUT2D eigenvalue weighted by Crippen LogP contribution is -2.27. The van der Waals surface area contributed by atoms with Gasteiger partial charge in [0, 0.05) is 17.3 Å². The molecule has 7 nitrogen and oxygen atoms in total. The van der Waals surface area contributed by atoms with E-state index in [0.29, 0.717) is 11.5 Å². The van der Waals surface area contributed by atoms with Crippen molar-refractivity contribution < 1.29 is 9.21 Å². The fraction of sp³-hybridized carbons (Fsp3) is 0.176. The van der Waals surface area contributed by atoms with Crippen molar-refractivity contribution >= 4 is 22.7 Å². The van der Waals surface area contributed by atoms with Crippen molar-refractivity contribution in [3.63, 3.8) is 0 Å². The number of carbonyl (C=O) groups excluding carboxylic acids is 1. The van der Waals surface area contributed by atoms with Crippen LogP contribution in [0, 0.1) is 6.92 Å². The molecule has 3 aromatic heterocycles. The summed E-state index contributed by atoms with van der Waals surface area (Å²) in [6.07, 6.45) is 1.64. The van der Waals surface area contributed by atoms with E-state index in [9.17, 15) is 4.79 Å². The van der Waals surface area contributed by atoms with Gasteiger partial charge in [0.05, 0.1) is 6.04 Å². The molecule has 0 radical (unpaired) electrons.